The molecule has 0 aliphatic carbocycles. The van der Waals surface area contributed by atoms with Crippen LogP contribution in [0.5, 0.6) is 0 Å². The van der Waals surface area contributed by atoms with Gasteiger partial charge in [-0.15, -0.1) is 0 Å². The zero-order chi connectivity index (χ0) is 19.5. The topological polar surface area (TPSA) is 48.9 Å². The predicted molar refractivity (Wildman–Crippen MR) is 114 cm³/mol. The molecule has 1 aromatic carbocycles. The van der Waals surface area contributed by atoms with Crippen molar-refractivity contribution in [2.75, 3.05) is 20.1 Å². The molecule has 5 atom stereocenters. The first-order chi connectivity index (χ1) is 13.6. The zero-order valence-corrected chi connectivity index (χ0v) is 17.7. The number of nitrogens with zero attached hydrogens (tertiary/aromatic N) is 2. The van der Waals surface area contributed by atoms with E-state index in [0.29, 0.717) is 18.2 Å². The lowest BCUT2D eigenvalue weighted by Gasteiger charge is -2.35. The van der Waals surface area contributed by atoms with Crippen LogP contribution in [0.25, 0.3) is 0 Å². The summed E-state index contributed by atoms with van der Waals surface area (Å²) in [5.41, 5.74) is 2.79. The third-order valence-electron chi connectivity index (χ3n) is 6.55. The predicted octanol–water partition coefficient (Wildman–Crippen LogP) is 3.15. The lowest BCUT2D eigenvalue weighted by molar-refractivity contribution is 0.0992. The van der Waals surface area contributed by atoms with Crippen molar-refractivity contribution in [3.8, 4) is 0 Å². The Hall–Kier alpha value is -1.59. The number of aliphatic imine (C=N–C) groups is 1. The number of benzene rings is 1. The van der Waals surface area contributed by atoms with Crippen LogP contribution < -0.4 is 10.6 Å². The Morgan fingerprint density at radius 1 is 1.11 bits per heavy atom. The van der Waals surface area contributed by atoms with Gasteiger partial charge in [-0.2, -0.15) is 0 Å². The molecule has 154 valence electrons. The molecule has 5 heteroatoms. The van der Waals surface area contributed by atoms with Crippen molar-refractivity contribution in [1.29, 1.82) is 0 Å². The number of fused-ring (bicyclic) bond motifs is 2. The first kappa shape index (κ1) is 19.7. The average molecular weight is 385 g/mol. The third-order valence-corrected chi connectivity index (χ3v) is 6.55. The highest BCUT2D eigenvalue weighted by molar-refractivity contribution is 5.80. The zero-order valence-electron chi connectivity index (χ0n) is 17.7. The van der Waals surface area contributed by atoms with Crippen LogP contribution in [-0.2, 0) is 17.8 Å². The summed E-state index contributed by atoms with van der Waals surface area (Å²) in [6, 6.07) is 9.22. The maximum Gasteiger partial charge on any atom is 0.191 e. The largest absolute Gasteiger partial charge is 0.373 e. The lowest BCUT2D eigenvalue weighted by atomic mass is 9.91. The van der Waals surface area contributed by atoms with Gasteiger partial charge in [0.05, 0.1) is 18.2 Å². The second kappa shape index (κ2) is 8.83. The number of piperidine rings is 1. The molecule has 0 spiro atoms. The molecule has 0 aromatic heterocycles. The molecule has 28 heavy (non-hydrogen) atoms. The first-order valence-electron chi connectivity index (χ1n) is 11.0. The van der Waals surface area contributed by atoms with Crippen molar-refractivity contribution in [3.05, 3.63) is 35.4 Å². The summed E-state index contributed by atoms with van der Waals surface area (Å²) >= 11 is 0. The molecule has 3 aliphatic heterocycles. The van der Waals surface area contributed by atoms with Gasteiger partial charge in [0.2, 0.25) is 0 Å². The molecule has 4 rings (SSSR count). The number of guanidine groups is 1. The number of rotatable bonds is 5. The maximum absolute atomic E-state index is 5.96. The van der Waals surface area contributed by atoms with Crippen molar-refractivity contribution >= 4 is 5.96 Å². The van der Waals surface area contributed by atoms with E-state index < -0.39 is 0 Å². The van der Waals surface area contributed by atoms with Crippen molar-refractivity contribution in [1.82, 2.24) is 15.5 Å². The van der Waals surface area contributed by atoms with E-state index in [4.69, 9.17) is 4.74 Å². The van der Waals surface area contributed by atoms with Gasteiger partial charge in [0.15, 0.2) is 5.96 Å². The van der Waals surface area contributed by atoms with Crippen LogP contribution in [0.3, 0.4) is 0 Å². The van der Waals surface area contributed by atoms with Crippen molar-refractivity contribution in [3.63, 3.8) is 0 Å². The molecule has 2 N–H and O–H groups in total. The Morgan fingerprint density at radius 3 is 2.50 bits per heavy atom. The third kappa shape index (κ3) is 4.69. The second-order valence-corrected chi connectivity index (χ2v) is 9.20. The van der Waals surface area contributed by atoms with E-state index in [1.807, 2.05) is 7.05 Å². The van der Waals surface area contributed by atoms with Crippen molar-refractivity contribution in [2.24, 2.45) is 16.8 Å². The molecule has 5 nitrogen and oxygen atoms in total. The first-order valence-corrected chi connectivity index (χ1v) is 11.0. The lowest BCUT2D eigenvalue weighted by Crippen LogP contribution is -2.47. The van der Waals surface area contributed by atoms with Gasteiger partial charge in [0, 0.05) is 33.2 Å². The van der Waals surface area contributed by atoms with Crippen LogP contribution in [0.4, 0.5) is 0 Å². The molecule has 0 radical (unpaired) electrons. The van der Waals surface area contributed by atoms with Gasteiger partial charge in [0.1, 0.15) is 0 Å². The van der Waals surface area contributed by atoms with E-state index in [-0.39, 0.29) is 0 Å². The minimum Gasteiger partial charge on any atom is -0.373 e. The average Bonchev–Trinajstić information content (AvgIpc) is 3.28. The number of nitrogens with one attached hydrogen (secondary N) is 2. The quantitative estimate of drug-likeness (QED) is 0.605. The Kier molecular flexibility index (Phi) is 6.22. The summed E-state index contributed by atoms with van der Waals surface area (Å²) in [4.78, 5) is 7.07. The monoisotopic (exact) mass is 384 g/mol. The fourth-order valence-electron chi connectivity index (χ4n) is 5.39. The summed E-state index contributed by atoms with van der Waals surface area (Å²) in [7, 11) is 1.85. The molecular weight excluding hydrogens is 348 g/mol. The van der Waals surface area contributed by atoms with Gasteiger partial charge in [0.25, 0.3) is 0 Å². The molecule has 0 saturated carbocycles. The number of ether oxygens (including phenoxy) is 1. The number of hydrogen-bond acceptors (Lipinski definition) is 3. The van der Waals surface area contributed by atoms with E-state index >= 15 is 0 Å². The van der Waals surface area contributed by atoms with Crippen LogP contribution in [0.2, 0.25) is 0 Å². The SMILES string of the molecule is CN=C(NCc1ccccc1CN1CC(C)CC(C)C1)NC1CC2CCC1O2. The molecule has 3 saturated heterocycles. The molecule has 3 aliphatic rings. The van der Waals surface area contributed by atoms with E-state index in [1.54, 1.807) is 0 Å². The normalized spacial score (nSPS) is 33.2. The van der Waals surface area contributed by atoms with Crippen LogP contribution in [0, 0.1) is 11.8 Å². The molecule has 0 amide bonds. The summed E-state index contributed by atoms with van der Waals surface area (Å²) in [5.74, 6) is 2.47. The standard InChI is InChI=1S/C23H36N4O/c1-16-10-17(2)14-27(13-16)15-19-7-5-4-6-18(19)12-25-23(24-3)26-21-11-20-8-9-22(21)28-20/h4-7,16-17,20-22H,8-15H2,1-3H3,(H2,24,25,26). The van der Waals surface area contributed by atoms with Crippen molar-refractivity contribution in [2.45, 2.75) is 70.9 Å². The highest BCUT2D eigenvalue weighted by Crippen LogP contribution is 2.34. The van der Waals surface area contributed by atoms with Gasteiger partial charge in [-0.3, -0.25) is 9.89 Å². The Bertz CT molecular complexity index is 681. The van der Waals surface area contributed by atoms with E-state index in [1.165, 1.54) is 43.5 Å². The summed E-state index contributed by atoms with van der Waals surface area (Å²) < 4.78 is 5.96. The fourth-order valence-corrected chi connectivity index (χ4v) is 5.39. The minimum atomic E-state index is 0.360. The van der Waals surface area contributed by atoms with Gasteiger partial charge in [-0.05, 0) is 48.6 Å². The highest BCUT2D eigenvalue weighted by atomic mass is 16.5. The Labute approximate surface area is 169 Å². The summed E-state index contributed by atoms with van der Waals surface area (Å²) in [6.45, 7) is 9.02. The molecule has 3 heterocycles. The highest BCUT2D eigenvalue weighted by Gasteiger charge is 2.41. The van der Waals surface area contributed by atoms with Gasteiger partial charge in [-0.25, -0.2) is 0 Å². The van der Waals surface area contributed by atoms with E-state index in [9.17, 15) is 0 Å². The molecule has 3 fully saturated rings. The van der Waals surface area contributed by atoms with Crippen molar-refractivity contribution < 1.29 is 4.74 Å². The van der Waals surface area contributed by atoms with Gasteiger partial charge >= 0.3 is 0 Å². The molecule has 2 bridgehead atoms. The summed E-state index contributed by atoms with van der Waals surface area (Å²) in [5, 5.41) is 7.12. The van der Waals surface area contributed by atoms with Crippen LogP contribution in [0.15, 0.2) is 29.3 Å². The molecule has 1 aromatic rings. The second-order valence-electron chi connectivity index (χ2n) is 9.20. The van der Waals surface area contributed by atoms with E-state index in [0.717, 1.165) is 37.3 Å². The fraction of sp³-hybridized carbons (Fsp3) is 0.696. The smallest absolute Gasteiger partial charge is 0.191 e. The Balaban J connectivity index is 1.34. The van der Waals surface area contributed by atoms with Crippen LogP contribution in [0.1, 0.15) is 50.7 Å². The van der Waals surface area contributed by atoms with Gasteiger partial charge in [-0.1, -0.05) is 38.1 Å². The molecular formula is C23H36N4O. The van der Waals surface area contributed by atoms with E-state index in [2.05, 4.69) is 58.6 Å². The number of hydrogen-bond donors (Lipinski definition) is 2. The molecule has 5 unspecified atom stereocenters. The summed E-state index contributed by atoms with van der Waals surface area (Å²) in [6.07, 6.45) is 5.67. The van der Waals surface area contributed by atoms with Crippen LogP contribution in [-0.4, -0.2) is 49.2 Å². The maximum atomic E-state index is 5.96. The van der Waals surface area contributed by atoms with Crippen LogP contribution >= 0.6 is 0 Å². The van der Waals surface area contributed by atoms with Gasteiger partial charge < -0.3 is 15.4 Å². The Morgan fingerprint density at radius 2 is 1.86 bits per heavy atom. The number of likely N-dealkylation sites (tertiary alicyclic amines) is 1. The minimum absolute atomic E-state index is 0.360.